The van der Waals surface area contributed by atoms with Crippen LogP contribution in [-0.2, 0) is 4.79 Å². The Bertz CT molecular complexity index is 497. The summed E-state index contributed by atoms with van der Waals surface area (Å²) in [6.45, 7) is 1.65. The van der Waals surface area contributed by atoms with Crippen LogP contribution < -0.4 is 5.32 Å². The van der Waals surface area contributed by atoms with Crippen molar-refractivity contribution in [2.75, 3.05) is 5.32 Å². The molecule has 1 atom stereocenters. The Labute approximate surface area is 98.9 Å². The monoisotopic (exact) mass is 231 g/mol. The lowest BCUT2D eigenvalue weighted by Gasteiger charge is -2.07. The number of nitrogens with zero attached hydrogens (tertiary/aromatic N) is 2. The molecule has 0 aliphatic carbocycles. The molecule has 1 aromatic rings. The first-order valence-electron chi connectivity index (χ1n) is 4.51. The van der Waals surface area contributed by atoms with E-state index in [9.17, 15) is 4.79 Å². The van der Waals surface area contributed by atoms with Gasteiger partial charge in [-0.1, -0.05) is 0 Å². The van der Waals surface area contributed by atoms with Crippen molar-refractivity contribution in [3.05, 3.63) is 29.3 Å². The number of rotatable bonds is 2. The van der Waals surface area contributed by atoms with Crippen molar-refractivity contribution < 1.29 is 4.79 Å². The fourth-order valence-corrected chi connectivity index (χ4v) is 1.12. The topological polar surface area (TPSA) is 76.7 Å². The average Bonchev–Trinajstić information content (AvgIpc) is 2.28. The second-order valence-corrected chi connectivity index (χ2v) is 3.92. The average molecular weight is 231 g/mol. The number of carbonyl (C=O) groups excluding carboxylic acids is 1. The minimum absolute atomic E-state index is 0.243. The molecular weight excluding hydrogens is 222 g/mol. The molecule has 0 radical (unpaired) electrons. The Hall–Kier alpha value is -1.98. The summed E-state index contributed by atoms with van der Waals surface area (Å²) in [6, 6.07) is 8.34. The zero-order valence-electron chi connectivity index (χ0n) is 8.56. The number of nitriles is 2. The predicted octanol–water partition coefficient (Wildman–Crippen LogP) is 1.69. The van der Waals surface area contributed by atoms with Crippen LogP contribution >= 0.6 is 12.6 Å². The molecule has 80 valence electrons. The van der Waals surface area contributed by atoms with Crippen molar-refractivity contribution in [1.82, 2.24) is 0 Å². The lowest BCUT2D eigenvalue weighted by molar-refractivity contribution is -0.115. The van der Waals surface area contributed by atoms with E-state index in [1.807, 2.05) is 12.1 Å². The van der Waals surface area contributed by atoms with E-state index in [2.05, 4.69) is 17.9 Å². The van der Waals surface area contributed by atoms with Crippen molar-refractivity contribution in [2.45, 2.75) is 12.2 Å². The Balaban J connectivity index is 2.98. The Morgan fingerprint density at radius 3 is 2.50 bits per heavy atom. The molecular formula is C11H9N3OS. The molecule has 0 aromatic heterocycles. The van der Waals surface area contributed by atoms with E-state index in [1.54, 1.807) is 13.0 Å². The maximum absolute atomic E-state index is 11.3. The summed E-state index contributed by atoms with van der Waals surface area (Å²) < 4.78 is 0. The Morgan fingerprint density at radius 1 is 1.38 bits per heavy atom. The highest BCUT2D eigenvalue weighted by molar-refractivity contribution is 7.81. The van der Waals surface area contributed by atoms with E-state index in [-0.39, 0.29) is 11.5 Å². The van der Waals surface area contributed by atoms with Gasteiger partial charge in [0.25, 0.3) is 0 Å². The molecule has 1 aromatic carbocycles. The zero-order valence-corrected chi connectivity index (χ0v) is 9.45. The van der Waals surface area contributed by atoms with Gasteiger partial charge in [0.05, 0.1) is 16.4 Å². The summed E-state index contributed by atoms with van der Waals surface area (Å²) in [5.41, 5.74) is 1.02. The van der Waals surface area contributed by atoms with E-state index >= 15 is 0 Å². The maximum Gasteiger partial charge on any atom is 0.236 e. The van der Waals surface area contributed by atoms with E-state index in [1.165, 1.54) is 12.1 Å². The third kappa shape index (κ3) is 2.75. The van der Waals surface area contributed by atoms with Crippen LogP contribution in [0, 0.1) is 22.7 Å². The van der Waals surface area contributed by atoms with Crippen LogP contribution in [0.3, 0.4) is 0 Å². The van der Waals surface area contributed by atoms with Gasteiger partial charge in [-0.15, -0.1) is 0 Å². The van der Waals surface area contributed by atoms with Gasteiger partial charge in [-0.2, -0.15) is 23.2 Å². The Morgan fingerprint density at radius 2 is 2.00 bits per heavy atom. The Kier molecular flexibility index (Phi) is 3.93. The molecule has 16 heavy (non-hydrogen) atoms. The minimum atomic E-state index is -0.429. The first kappa shape index (κ1) is 12.1. The van der Waals surface area contributed by atoms with Gasteiger partial charge in [-0.3, -0.25) is 4.79 Å². The molecule has 4 nitrogen and oxygen atoms in total. The van der Waals surface area contributed by atoms with Gasteiger partial charge >= 0.3 is 0 Å². The second kappa shape index (κ2) is 5.20. The van der Waals surface area contributed by atoms with Crippen LogP contribution in [0.5, 0.6) is 0 Å². The first-order valence-corrected chi connectivity index (χ1v) is 5.03. The van der Waals surface area contributed by atoms with Gasteiger partial charge in [0.2, 0.25) is 5.91 Å². The standard InChI is InChI=1S/C11H9N3OS/c1-7(16)11(15)14-10-3-2-8(5-12)9(4-10)6-13/h2-4,7,16H,1H3,(H,14,15). The quantitative estimate of drug-likeness (QED) is 0.760. The lowest BCUT2D eigenvalue weighted by Crippen LogP contribution is -2.20. The summed E-state index contributed by atoms with van der Waals surface area (Å²) in [7, 11) is 0. The molecule has 0 saturated carbocycles. The number of hydrogen-bond acceptors (Lipinski definition) is 4. The lowest BCUT2D eigenvalue weighted by atomic mass is 10.1. The summed E-state index contributed by atoms with van der Waals surface area (Å²) in [5.74, 6) is -0.253. The summed E-state index contributed by atoms with van der Waals surface area (Å²) in [4.78, 5) is 11.3. The fraction of sp³-hybridized carbons (Fsp3) is 0.182. The number of benzene rings is 1. The molecule has 0 fully saturated rings. The van der Waals surface area contributed by atoms with Crippen molar-refractivity contribution in [3.8, 4) is 12.1 Å². The normalized spacial score (nSPS) is 11.0. The van der Waals surface area contributed by atoms with E-state index < -0.39 is 5.25 Å². The van der Waals surface area contributed by atoms with E-state index in [4.69, 9.17) is 10.5 Å². The molecule has 0 heterocycles. The van der Waals surface area contributed by atoms with Crippen molar-refractivity contribution in [2.24, 2.45) is 0 Å². The largest absolute Gasteiger partial charge is 0.325 e. The van der Waals surface area contributed by atoms with Crippen molar-refractivity contribution in [1.29, 1.82) is 10.5 Å². The zero-order chi connectivity index (χ0) is 12.1. The van der Waals surface area contributed by atoms with E-state index in [0.29, 0.717) is 11.3 Å². The van der Waals surface area contributed by atoms with Gasteiger partial charge in [0, 0.05) is 5.69 Å². The smallest absolute Gasteiger partial charge is 0.236 e. The van der Waals surface area contributed by atoms with Crippen LogP contribution in [-0.4, -0.2) is 11.2 Å². The maximum atomic E-state index is 11.3. The van der Waals surface area contributed by atoms with E-state index in [0.717, 1.165) is 0 Å². The van der Waals surface area contributed by atoms with Crippen LogP contribution in [0.25, 0.3) is 0 Å². The van der Waals surface area contributed by atoms with Gasteiger partial charge < -0.3 is 5.32 Å². The fourth-order valence-electron chi connectivity index (χ4n) is 1.06. The molecule has 1 amide bonds. The van der Waals surface area contributed by atoms with Crippen molar-refractivity contribution >= 4 is 24.2 Å². The highest BCUT2D eigenvalue weighted by Crippen LogP contribution is 2.15. The second-order valence-electron chi connectivity index (χ2n) is 3.15. The summed E-state index contributed by atoms with van der Waals surface area (Å²) >= 11 is 3.98. The molecule has 1 rings (SSSR count). The molecule has 0 aliphatic heterocycles. The summed E-state index contributed by atoms with van der Waals surface area (Å²) in [5, 5.41) is 19.7. The molecule has 0 aliphatic rings. The van der Waals surface area contributed by atoms with Gasteiger partial charge in [0.1, 0.15) is 12.1 Å². The molecule has 1 unspecified atom stereocenters. The third-order valence-corrected chi connectivity index (χ3v) is 2.14. The van der Waals surface area contributed by atoms with Crippen LogP contribution in [0.2, 0.25) is 0 Å². The molecule has 0 spiro atoms. The number of amides is 1. The number of thiol groups is 1. The van der Waals surface area contributed by atoms with Crippen LogP contribution in [0.1, 0.15) is 18.1 Å². The molecule has 1 N–H and O–H groups in total. The number of carbonyl (C=O) groups is 1. The van der Waals surface area contributed by atoms with Crippen LogP contribution in [0.15, 0.2) is 18.2 Å². The molecule has 5 heteroatoms. The number of nitrogens with one attached hydrogen (secondary N) is 1. The number of hydrogen-bond donors (Lipinski definition) is 2. The predicted molar refractivity (Wildman–Crippen MR) is 62.9 cm³/mol. The number of anilines is 1. The van der Waals surface area contributed by atoms with Gasteiger partial charge in [-0.25, -0.2) is 0 Å². The molecule has 0 saturated heterocycles. The van der Waals surface area contributed by atoms with Gasteiger partial charge in [-0.05, 0) is 25.1 Å². The van der Waals surface area contributed by atoms with Crippen molar-refractivity contribution in [3.63, 3.8) is 0 Å². The SMILES string of the molecule is CC(S)C(=O)Nc1ccc(C#N)c(C#N)c1. The summed E-state index contributed by atoms with van der Waals surface area (Å²) in [6.07, 6.45) is 0. The highest BCUT2D eigenvalue weighted by Gasteiger charge is 2.09. The third-order valence-electron chi connectivity index (χ3n) is 1.91. The van der Waals surface area contributed by atoms with Crippen LogP contribution in [0.4, 0.5) is 5.69 Å². The minimum Gasteiger partial charge on any atom is -0.325 e. The van der Waals surface area contributed by atoms with Gasteiger partial charge in [0.15, 0.2) is 0 Å². The first-order chi connectivity index (χ1) is 7.58. The molecule has 0 bridgehead atoms. The highest BCUT2D eigenvalue weighted by atomic mass is 32.1.